The highest BCUT2D eigenvalue weighted by Crippen LogP contribution is 2.32. The molecule has 1 saturated heterocycles. The number of carbonyl (C=O) groups is 1. The maximum atomic E-state index is 13.1. The van der Waals surface area contributed by atoms with Crippen LogP contribution in [0.25, 0.3) is 0 Å². The minimum absolute atomic E-state index is 0.000466. The molecule has 1 aromatic heterocycles. The fourth-order valence-electron chi connectivity index (χ4n) is 2.72. The summed E-state index contributed by atoms with van der Waals surface area (Å²) >= 11 is 0. The first kappa shape index (κ1) is 15.8. The molecule has 0 bridgehead atoms. The van der Waals surface area contributed by atoms with Crippen molar-refractivity contribution in [2.24, 2.45) is 0 Å². The molecule has 0 radical (unpaired) electrons. The summed E-state index contributed by atoms with van der Waals surface area (Å²) in [4.78, 5) is 16.3. The van der Waals surface area contributed by atoms with E-state index in [0.717, 1.165) is 5.56 Å². The SMILES string of the molecule is CC(=O)N[C@@H]1CC[C@@H](C(F)(F)F)N(Cc2ccncc2)C1. The Morgan fingerprint density at radius 2 is 2.05 bits per heavy atom. The number of halogens is 3. The summed E-state index contributed by atoms with van der Waals surface area (Å²) in [6.07, 6.45) is -0.787. The summed E-state index contributed by atoms with van der Waals surface area (Å²) < 4.78 is 39.4. The molecule has 2 atom stereocenters. The van der Waals surface area contributed by atoms with Gasteiger partial charge < -0.3 is 5.32 Å². The number of nitrogens with zero attached hydrogens (tertiary/aromatic N) is 2. The molecular weight excluding hydrogens is 283 g/mol. The Kier molecular flexibility index (Phi) is 4.82. The molecule has 0 spiro atoms. The fourth-order valence-corrected chi connectivity index (χ4v) is 2.72. The molecule has 116 valence electrons. The molecule has 2 heterocycles. The van der Waals surface area contributed by atoms with Crippen LogP contribution in [0.1, 0.15) is 25.3 Å². The van der Waals surface area contributed by atoms with Crippen LogP contribution in [-0.4, -0.2) is 40.6 Å². The number of nitrogens with one attached hydrogen (secondary N) is 1. The first-order valence-corrected chi connectivity index (χ1v) is 6.83. The molecule has 21 heavy (non-hydrogen) atoms. The number of piperidine rings is 1. The Morgan fingerprint density at radius 1 is 1.38 bits per heavy atom. The van der Waals surface area contributed by atoms with Crippen molar-refractivity contribution in [3.63, 3.8) is 0 Å². The number of amides is 1. The van der Waals surface area contributed by atoms with E-state index in [9.17, 15) is 18.0 Å². The van der Waals surface area contributed by atoms with Crippen molar-refractivity contribution in [2.45, 2.75) is 44.6 Å². The number of carbonyl (C=O) groups excluding carboxylic acids is 1. The van der Waals surface area contributed by atoms with E-state index in [1.807, 2.05) is 0 Å². The van der Waals surface area contributed by atoms with E-state index in [-0.39, 0.29) is 31.5 Å². The first-order chi connectivity index (χ1) is 9.86. The number of rotatable bonds is 3. The third kappa shape index (κ3) is 4.42. The summed E-state index contributed by atoms with van der Waals surface area (Å²) in [6.45, 7) is 1.78. The Bertz CT molecular complexity index is 478. The van der Waals surface area contributed by atoms with Crippen molar-refractivity contribution >= 4 is 5.91 Å². The van der Waals surface area contributed by atoms with E-state index in [4.69, 9.17) is 0 Å². The largest absolute Gasteiger partial charge is 0.404 e. The Hall–Kier alpha value is -1.63. The Morgan fingerprint density at radius 3 is 2.62 bits per heavy atom. The van der Waals surface area contributed by atoms with Gasteiger partial charge in [0.15, 0.2) is 0 Å². The summed E-state index contributed by atoms with van der Waals surface area (Å²) in [7, 11) is 0. The average Bonchev–Trinajstić information content (AvgIpc) is 2.38. The second-order valence-electron chi connectivity index (χ2n) is 5.32. The van der Waals surface area contributed by atoms with Crippen LogP contribution in [0.15, 0.2) is 24.5 Å². The molecule has 0 aromatic carbocycles. The Balaban J connectivity index is 2.11. The van der Waals surface area contributed by atoms with Gasteiger partial charge in [0.1, 0.15) is 6.04 Å². The molecule has 7 heteroatoms. The molecule has 0 unspecified atom stereocenters. The molecule has 1 fully saturated rings. The van der Waals surface area contributed by atoms with Crippen molar-refractivity contribution in [3.05, 3.63) is 30.1 Å². The monoisotopic (exact) mass is 301 g/mol. The third-order valence-corrected chi connectivity index (χ3v) is 3.60. The van der Waals surface area contributed by atoms with E-state index >= 15 is 0 Å². The van der Waals surface area contributed by atoms with Crippen LogP contribution < -0.4 is 5.32 Å². The summed E-state index contributed by atoms with van der Waals surface area (Å²) in [6, 6.07) is 1.71. The number of hydrogen-bond donors (Lipinski definition) is 1. The Labute approximate surface area is 121 Å². The van der Waals surface area contributed by atoms with Crippen LogP contribution in [0.3, 0.4) is 0 Å². The number of likely N-dealkylation sites (tertiary alicyclic amines) is 1. The molecule has 0 aliphatic carbocycles. The summed E-state index contributed by atoms with van der Waals surface area (Å²) in [5.41, 5.74) is 0.780. The van der Waals surface area contributed by atoms with Crippen molar-refractivity contribution in [1.29, 1.82) is 0 Å². The second-order valence-corrected chi connectivity index (χ2v) is 5.32. The maximum absolute atomic E-state index is 13.1. The van der Waals surface area contributed by atoms with Crippen LogP contribution in [0.5, 0.6) is 0 Å². The number of alkyl halides is 3. The minimum Gasteiger partial charge on any atom is -0.352 e. The number of pyridine rings is 1. The van der Waals surface area contributed by atoms with Crippen LogP contribution >= 0.6 is 0 Å². The summed E-state index contributed by atoms with van der Waals surface area (Å²) in [5.74, 6) is -0.214. The highest BCUT2D eigenvalue weighted by Gasteiger charge is 2.46. The predicted molar refractivity (Wildman–Crippen MR) is 71.3 cm³/mol. The predicted octanol–water partition coefficient (Wildman–Crippen LogP) is 2.11. The van der Waals surface area contributed by atoms with Crippen LogP contribution in [0, 0.1) is 0 Å². The molecule has 4 nitrogen and oxygen atoms in total. The van der Waals surface area contributed by atoms with Gasteiger partial charge in [-0.3, -0.25) is 14.7 Å². The number of hydrogen-bond acceptors (Lipinski definition) is 3. The lowest BCUT2D eigenvalue weighted by Gasteiger charge is -2.40. The van der Waals surface area contributed by atoms with E-state index in [1.165, 1.54) is 11.8 Å². The second kappa shape index (κ2) is 6.43. The molecular formula is C14H18F3N3O. The third-order valence-electron chi connectivity index (χ3n) is 3.60. The molecule has 1 aliphatic rings. The molecule has 0 saturated carbocycles. The van der Waals surface area contributed by atoms with Crippen LogP contribution in [0.2, 0.25) is 0 Å². The zero-order valence-corrected chi connectivity index (χ0v) is 11.7. The normalized spacial score (nSPS) is 23.8. The lowest BCUT2D eigenvalue weighted by Crippen LogP contribution is -2.55. The minimum atomic E-state index is -4.26. The lowest BCUT2D eigenvalue weighted by atomic mass is 9.97. The van der Waals surface area contributed by atoms with Crippen molar-refractivity contribution in [3.8, 4) is 0 Å². The molecule has 1 aromatic rings. The van der Waals surface area contributed by atoms with E-state index in [1.54, 1.807) is 24.5 Å². The van der Waals surface area contributed by atoms with Crippen molar-refractivity contribution in [1.82, 2.24) is 15.2 Å². The van der Waals surface area contributed by atoms with Gasteiger partial charge >= 0.3 is 6.18 Å². The highest BCUT2D eigenvalue weighted by atomic mass is 19.4. The van der Waals surface area contributed by atoms with Gasteiger partial charge in [-0.2, -0.15) is 13.2 Å². The van der Waals surface area contributed by atoms with Crippen molar-refractivity contribution in [2.75, 3.05) is 6.54 Å². The van der Waals surface area contributed by atoms with Gasteiger partial charge in [0.25, 0.3) is 0 Å². The zero-order valence-electron chi connectivity index (χ0n) is 11.7. The van der Waals surface area contributed by atoms with Gasteiger partial charge in [-0.25, -0.2) is 0 Å². The topological polar surface area (TPSA) is 45.2 Å². The molecule has 1 aliphatic heterocycles. The number of aromatic nitrogens is 1. The van der Waals surface area contributed by atoms with Gasteiger partial charge in [-0.05, 0) is 30.5 Å². The first-order valence-electron chi connectivity index (χ1n) is 6.83. The average molecular weight is 301 g/mol. The quantitative estimate of drug-likeness (QED) is 0.930. The summed E-state index contributed by atoms with van der Waals surface area (Å²) in [5, 5.41) is 2.71. The zero-order chi connectivity index (χ0) is 15.5. The molecule has 1 N–H and O–H groups in total. The van der Waals surface area contributed by atoms with Crippen LogP contribution in [0.4, 0.5) is 13.2 Å². The van der Waals surface area contributed by atoms with Gasteiger partial charge in [0.05, 0.1) is 0 Å². The van der Waals surface area contributed by atoms with Gasteiger partial charge in [0, 0.05) is 38.4 Å². The van der Waals surface area contributed by atoms with Crippen LogP contribution in [-0.2, 0) is 11.3 Å². The van der Waals surface area contributed by atoms with Gasteiger partial charge in [-0.15, -0.1) is 0 Å². The smallest absolute Gasteiger partial charge is 0.352 e. The van der Waals surface area contributed by atoms with E-state index in [2.05, 4.69) is 10.3 Å². The molecule has 1 amide bonds. The standard InChI is InChI=1S/C14H18F3N3O/c1-10(21)19-12-2-3-13(14(15,16)17)20(9-12)8-11-4-6-18-7-5-11/h4-7,12-13H,2-3,8-9H2,1H3,(H,19,21)/t12-,13+/m1/s1. The lowest BCUT2D eigenvalue weighted by molar-refractivity contribution is -0.194. The maximum Gasteiger partial charge on any atom is 0.404 e. The van der Waals surface area contributed by atoms with Gasteiger partial charge in [0.2, 0.25) is 5.91 Å². The molecule has 2 rings (SSSR count). The van der Waals surface area contributed by atoms with E-state index in [0.29, 0.717) is 6.42 Å². The van der Waals surface area contributed by atoms with Crippen molar-refractivity contribution < 1.29 is 18.0 Å². The highest BCUT2D eigenvalue weighted by molar-refractivity contribution is 5.73. The van der Waals surface area contributed by atoms with Gasteiger partial charge in [-0.1, -0.05) is 0 Å². The van der Waals surface area contributed by atoms with E-state index < -0.39 is 12.2 Å². The fraction of sp³-hybridized carbons (Fsp3) is 0.571.